The lowest BCUT2D eigenvalue weighted by Gasteiger charge is -2.28. The summed E-state index contributed by atoms with van der Waals surface area (Å²) in [4.78, 5) is 38.1. The smallest absolute Gasteiger partial charge is 0.306 e. The van der Waals surface area contributed by atoms with Crippen LogP contribution in [-0.2, 0) is 32.7 Å². The molecule has 2 unspecified atom stereocenters. The van der Waals surface area contributed by atoms with Gasteiger partial charge in [-0.1, -0.05) is 311 Å². The summed E-state index contributed by atoms with van der Waals surface area (Å²) in [6.45, 7) is 3.99. The number of rotatable bonds is 66. The van der Waals surface area contributed by atoms with Crippen molar-refractivity contribution in [2.45, 2.75) is 277 Å². The predicted molar refractivity (Wildman–Crippen MR) is 406 cm³/mol. The fourth-order valence-electron chi connectivity index (χ4n) is 9.51. The van der Waals surface area contributed by atoms with Crippen LogP contribution in [0, 0.1) is 0 Å². The highest BCUT2D eigenvalue weighted by Crippen LogP contribution is 2.38. The first-order valence-corrected chi connectivity index (χ1v) is 38.6. The van der Waals surface area contributed by atoms with Crippen LogP contribution in [0.2, 0.25) is 0 Å². The largest absolute Gasteiger partial charge is 0.756 e. The molecular formula is C84H136NO8P. The maximum Gasteiger partial charge on any atom is 0.306 e. The molecule has 0 saturated heterocycles. The molecule has 0 bridgehead atoms. The second-order valence-corrected chi connectivity index (χ2v) is 26.6. The third-order valence-electron chi connectivity index (χ3n) is 15.1. The summed E-state index contributed by atoms with van der Waals surface area (Å²) in [5.41, 5.74) is 0. The van der Waals surface area contributed by atoms with Gasteiger partial charge >= 0.3 is 11.9 Å². The standard InChI is InChI=1S/C84H136NO8P/c1-6-8-10-12-14-16-18-20-22-24-26-28-30-32-34-36-38-39-40-41-42-43-44-45-47-49-51-53-55-57-59-61-63-65-67-69-71-73-75-77-84(87)93-82(81-92-94(88,89)91-79-78-85(3,4)5)80-90-83(86)76-74-72-70-68-66-64-62-60-58-56-54-52-50-48-46-37-35-33-31-29-27-25-23-21-19-17-15-13-11-9-7-2/h8-11,14-17,20-23,26-29,32-35,38-39,41-42,44-46,48-49,51,55,57,82H,6-7,12-13,18-19,24-25,30-31,36-37,40,43,47,50,52-54,56,58-81H2,1-5H3/b10-8-,11-9-,16-14-,17-15-,22-20-,23-21-,28-26-,29-27-,34-32-,35-33-,39-38-,42-41-,45-44-,48-46-,51-49-,57-55-. The maximum absolute atomic E-state index is 12.9. The average Bonchev–Trinajstić information content (AvgIpc) is 1.56. The minimum absolute atomic E-state index is 0.0425. The van der Waals surface area contributed by atoms with E-state index in [1.165, 1.54) is 83.5 Å². The molecule has 9 nitrogen and oxygen atoms in total. The zero-order valence-electron chi connectivity index (χ0n) is 60.3. The Kier molecular flexibility index (Phi) is 68.2. The fraction of sp³-hybridized carbons (Fsp3) is 0.595. The lowest BCUT2D eigenvalue weighted by Crippen LogP contribution is -2.37. The minimum atomic E-state index is -4.66. The topological polar surface area (TPSA) is 111 Å². The van der Waals surface area contributed by atoms with Gasteiger partial charge in [-0.2, -0.15) is 0 Å². The molecular weight excluding hydrogens is 1180 g/mol. The SMILES string of the molecule is CC/C=C\C/C=C\C/C=C\C/C=C\C/C=C\C/C=C\C/C=C\C/C=C\C/C=C\C/C=C\CCCCCCCCCCC(=O)OC(COC(=O)CCCCCCCCCCCCCC/C=C\C/C=C\C/C=C\C/C=C\C/C=C\C/C=C\CC)COP(=O)([O-])OCC[N+](C)(C)C. The van der Waals surface area contributed by atoms with Crippen LogP contribution in [0.3, 0.4) is 0 Å². The zero-order valence-corrected chi connectivity index (χ0v) is 61.2. The number of phosphoric acid groups is 1. The van der Waals surface area contributed by atoms with E-state index in [0.29, 0.717) is 17.4 Å². The van der Waals surface area contributed by atoms with E-state index >= 15 is 0 Å². The van der Waals surface area contributed by atoms with Crippen molar-refractivity contribution in [3.05, 3.63) is 194 Å². The molecule has 0 aliphatic heterocycles. The molecule has 0 spiro atoms. The van der Waals surface area contributed by atoms with Crippen LogP contribution >= 0.6 is 7.82 Å². The first-order valence-electron chi connectivity index (χ1n) is 37.1. The van der Waals surface area contributed by atoms with Crippen LogP contribution in [0.25, 0.3) is 0 Å². The monoisotopic (exact) mass is 1320 g/mol. The highest BCUT2D eigenvalue weighted by molar-refractivity contribution is 7.45. The van der Waals surface area contributed by atoms with Gasteiger partial charge < -0.3 is 27.9 Å². The molecule has 0 aliphatic rings. The molecule has 0 aromatic rings. The summed E-state index contributed by atoms with van der Waals surface area (Å²) in [6, 6.07) is 0. The number of allylic oxidation sites excluding steroid dienone is 32. The highest BCUT2D eigenvalue weighted by Gasteiger charge is 2.22. The average molecular weight is 1320 g/mol. The van der Waals surface area contributed by atoms with Crippen LogP contribution in [-0.4, -0.2) is 70.0 Å². The van der Waals surface area contributed by atoms with Crippen LogP contribution in [0.4, 0.5) is 0 Å². The van der Waals surface area contributed by atoms with Gasteiger partial charge in [-0.05, 0) is 141 Å². The lowest BCUT2D eigenvalue weighted by molar-refractivity contribution is -0.870. The quantitative estimate of drug-likeness (QED) is 0.0195. The van der Waals surface area contributed by atoms with Crippen LogP contribution in [0.5, 0.6) is 0 Å². The van der Waals surface area contributed by atoms with E-state index in [1.807, 2.05) is 21.1 Å². The normalized spacial score (nSPS) is 14.2. The van der Waals surface area contributed by atoms with Gasteiger partial charge in [-0.15, -0.1) is 0 Å². The second-order valence-electron chi connectivity index (χ2n) is 25.2. The van der Waals surface area contributed by atoms with Crippen molar-refractivity contribution in [1.29, 1.82) is 0 Å². The fourth-order valence-corrected chi connectivity index (χ4v) is 10.2. The molecule has 0 saturated carbocycles. The summed E-state index contributed by atoms with van der Waals surface area (Å²) in [5, 5.41) is 0. The maximum atomic E-state index is 12.9. The first-order chi connectivity index (χ1) is 46.0. The van der Waals surface area contributed by atoms with Gasteiger partial charge in [0.15, 0.2) is 6.10 Å². The van der Waals surface area contributed by atoms with Crippen molar-refractivity contribution < 1.29 is 42.1 Å². The number of quaternary nitrogens is 1. The predicted octanol–water partition coefficient (Wildman–Crippen LogP) is 24.2. The number of nitrogens with zero attached hydrogens (tertiary/aromatic N) is 1. The second kappa shape index (κ2) is 72.1. The number of carbonyl (C=O) groups is 2. The number of carbonyl (C=O) groups excluding carboxylic acids is 2. The van der Waals surface area contributed by atoms with Gasteiger partial charge in [0, 0.05) is 12.8 Å². The molecule has 0 heterocycles. The number of ether oxygens (including phenoxy) is 2. The summed E-state index contributed by atoms with van der Waals surface area (Å²) < 4.78 is 34.3. The molecule has 10 heteroatoms. The van der Waals surface area contributed by atoms with Crippen molar-refractivity contribution in [2.75, 3.05) is 47.5 Å². The lowest BCUT2D eigenvalue weighted by atomic mass is 10.0. The molecule has 0 radical (unpaired) electrons. The van der Waals surface area contributed by atoms with Gasteiger partial charge in [0.25, 0.3) is 7.82 Å². The van der Waals surface area contributed by atoms with Crippen molar-refractivity contribution >= 4 is 19.8 Å². The molecule has 530 valence electrons. The number of hydrogen-bond donors (Lipinski definition) is 0. The van der Waals surface area contributed by atoms with E-state index < -0.39 is 32.5 Å². The Balaban J connectivity index is 4.13. The molecule has 0 rings (SSSR count). The Hall–Kier alpha value is -5.15. The van der Waals surface area contributed by atoms with E-state index in [0.717, 1.165) is 154 Å². The number of phosphoric ester groups is 1. The molecule has 2 atom stereocenters. The molecule has 94 heavy (non-hydrogen) atoms. The highest BCUT2D eigenvalue weighted by atomic mass is 31.2. The summed E-state index contributed by atoms with van der Waals surface area (Å²) in [5.74, 6) is -0.855. The molecule has 0 aromatic heterocycles. The van der Waals surface area contributed by atoms with E-state index in [-0.39, 0.29) is 26.1 Å². The zero-order chi connectivity index (χ0) is 68.3. The minimum Gasteiger partial charge on any atom is -0.756 e. The van der Waals surface area contributed by atoms with Crippen molar-refractivity contribution in [1.82, 2.24) is 0 Å². The van der Waals surface area contributed by atoms with E-state index in [9.17, 15) is 19.0 Å². The van der Waals surface area contributed by atoms with E-state index in [4.69, 9.17) is 18.5 Å². The van der Waals surface area contributed by atoms with Gasteiger partial charge in [0.1, 0.15) is 19.8 Å². The van der Waals surface area contributed by atoms with Crippen LogP contribution in [0.1, 0.15) is 271 Å². The van der Waals surface area contributed by atoms with Crippen LogP contribution < -0.4 is 4.89 Å². The van der Waals surface area contributed by atoms with Gasteiger partial charge in [-0.25, -0.2) is 0 Å². The van der Waals surface area contributed by atoms with Crippen LogP contribution in [0.15, 0.2) is 194 Å². The summed E-state index contributed by atoms with van der Waals surface area (Å²) in [6.07, 6.45) is 112. The van der Waals surface area contributed by atoms with Crippen molar-refractivity contribution in [2.24, 2.45) is 0 Å². The number of likely N-dealkylation sites (N-methyl/N-ethyl adjacent to an activating group) is 1. The van der Waals surface area contributed by atoms with E-state index in [2.05, 4.69) is 208 Å². The molecule has 0 amide bonds. The Bertz CT molecular complexity index is 2290. The van der Waals surface area contributed by atoms with Crippen molar-refractivity contribution in [3.8, 4) is 0 Å². The van der Waals surface area contributed by atoms with Gasteiger partial charge in [0.05, 0.1) is 27.7 Å². The van der Waals surface area contributed by atoms with E-state index in [1.54, 1.807) is 0 Å². The number of hydrogen-bond acceptors (Lipinski definition) is 8. The third-order valence-corrected chi connectivity index (χ3v) is 16.1. The summed E-state index contributed by atoms with van der Waals surface area (Å²) in [7, 11) is 1.14. The third kappa shape index (κ3) is 75.9. The molecule has 0 aromatic carbocycles. The Morgan fingerprint density at radius 1 is 0.330 bits per heavy atom. The first kappa shape index (κ1) is 88.8. The Labute approximate surface area is 577 Å². The van der Waals surface area contributed by atoms with Gasteiger partial charge in [-0.3, -0.25) is 14.2 Å². The number of esters is 2. The molecule has 0 N–H and O–H groups in total. The van der Waals surface area contributed by atoms with Gasteiger partial charge in [0.2, 0.25) is 0 Å². The number of unbranched alkanes of at least 4 members (excludes halogenated alkanes) is 20. The van der Waals surface area contributed by atoms with Crippen molar-refractivity contribution in [3.63, 3.8) is 0 Å². The molecule has 0 fully saturated rings. The summed E-state index contributed by atoms with van der Waals surface area (Å²) >= 11 is 0. The molecule has 0 aliphatic carbocycles. The Morgan fingerprint density at radius 3 is 0.851 bits per heavy atom. The Morgan fingerprint density at radius 2 is 0.574 bits per heavy atom.